The van der Waals surface area contributed by atoms with Crippen molar-refractivity contribution in [3.05, 3.63) is 182 Å². The molecule has 0 amide bonds. The van der Waals surface area contributed by atoms with Crippen molar-refractivity contribution in [1.29, 1.82) is 0 Å². The van der Waals surface area contributed by atoms with Gasteiger partial charge in [0.15, 0.2) is 5.82 Å². The molecule has 0 N–H and O–H groups in total. The number of benzene rings is 7. The first kappa shape index (κ1) is 29.0. The predicted octanol–water partition coefficient (Wildman–Crippen LogP) is 12.8. The third kappa shape index (κ3) is 5.61. The second-order valence-corrected chi connectivity index (χ2v) is 13.3. The Morgan fingerprint density at radius 1 is 0.306 bits per heavy atom. The lowest BCUT2D eigenvalue weighted by atomic mass is 9.93. The molecule has 0 fully saturated rings. The quantitative estimate of drug-likeness (QED) is 0.180. The number of thiophene rings is 1. The molecule has 0 saturated carbocycles. The molecule has 0 bridgehead atoms. The maximum absolute atomic E-state index is 5.33. The van der Waals surface area contributed by atoms with Gasteiger partial charge in [-0.25, -0.2) is 9.97 Å². The molecule has 0 spiro atoms. The Labute approximate surface area is 289 Å². The molecule has 7 aromatic carbocycles. The molecule has 230 valence electrons. The Balaban J connectivity index is 1.27. The zero-order valence-electron chi connectivity index (χ0n) is 26.6. The zero-order valence-corrected chi connectivity index (χ0v) is 27.4. The molecule has 2 aromatic heterocycles. The number of rotatable bonds is 6. The summed E-state index contributed by atoms with van der Waals surface area (Å²) in [4.78, 5) is 10.5. The molecule has 2 nitrogen and oxygen atoms in total. The van der Waals surface area contributed by atoms with Gasteiger partial charge in [-0.3, -0.25) is 0 Å². The number of hydrogen-bond acceptors (Lipinski definition) is 3. The van der Waals surface area contributed by atoms with Crippen LogP contribution in [0.3, 0.4) is 0 Å². The Kier molecular flexibility index (Phi) is 7.38. The number of hydrogen-bond donors (Lipinski definition) is 0. The highest BCUT2D eigenvalue weighted by molar-refractivity contribution is 7.25. The Morgan fingerprint density at radius 2 is 0.837 bits per heavy atom. The van der Waals surface area contributed by atoms with Gasteiger partial charge in [0.05, 0.1) is 11.4 Å². The first-order chi connectivity index (χ1) is 24.3. The molecular formula is C46H30N2S. The van der Waals surface area contributed by atoms with Crippen molar-refractivity contribution in [2.45, 2.75) is 0 Å². The van der Waals surface area contributed by atoms with Crippen molar-refractivity contribution in [1.82, 2.24) is 9.97 Å². The minimum absolute atomic E-state index is 0.702. The molecule has 0 unspecified atom stereocenters. The van der Waals surface area contributed by atoms with Crippen molar-refractivity contribution in [3.63, 3.8) is 0 Å². The summed E-state index contributed by atoms with van der Waals surface area (Å²) in [5.41, 5.74) is 11.8. The Hall–Kier alpha value is -6.16. The van der Waals surface area contributed by atoms with Crippen molar-refractivity contribution < 1.29 is 0 Å². The van der Waals surface area contributed by atoms with Gasteiger partial charge in [-0.2, -0.15) is 0 Å². The molecule has 3 heteroatoms. The van der Waals surface area contributed by atoms with Crippen LogP contribution < -0.4 is 0 Å². The van der Waals surface area contributed by atoms with E-state index in [1.54, 1.807) is 0 Å². The minimum atomic E-state index is 0.702. The van der Waals surface area contributed by atoms with Gasteiger partial charge >= 0.3 is 0 Å². The summed E-state index contributed by atoms with van der Waals surface area (Å²) in [5.74, 6) is 0.702. The number of nitrogens with zero attached hydrogens (tertiary/aromatic N) is 2. The molecular weight excluding hydrogens is 613 g/mol. The van der Waals surface area contributed by atoms with Crippen molar-refractivity contribution in [2.75, 3.05) is 0 Å². The standard InChI is InChI=1S/C46H30N2S/c1-4-14-31(15-5-1)35-26-36(34-24-25-45-41(29-34)39-21-12-13-23-44(39)49-45)28-37(27-35)43-30-42(33-18-8-3-9-19-33)47-46(48-43)40-22-11-10-20-38(40)32-16-6-2-7-17-32/h1-30H. The first-order valence-electron chi connectivity index (χ1n) is 16.5. The average Bonchev–Trinajstić information content (AvgIpc) is 3.57. The van der Waals surface area contributed by atoms with Gasteiger partial charge in [0.1, 0.15) is 0 Å². The van der Waals surface area contributed by atoms with E-state index >= 15 is 0 Å². The van der Waals surface area contributed by atoms with Crippen LogP contribution in [0.2, 0.25) is 0 Å². The molecule has 0 aliphatic rings. The van der Waals surface area contributed by atoms with Crippen LogP contribution in [0, 0.1) is 0 Å². The van der Waals surface area contributed by atoms with Crippen LogP contribution in [0.4, 0.5) is 0 Å². The average molecular weight is 643 g/mol. The van der Waals surface area contributed by atoms with Gasteiger partial charge in [0, 0.05) is 36.9 Å². The van der Waals surface area contributed by atoms with Crippen molar-refractivity contribution >= 4 is 31.5 Å². The number of fused-ring (bicyclic) bond motifs is 3. The normalized spacial score (nSPS) is 11.3. The highest BCUT2D eigenvalue weighted by Crippen LogP contribution is 2.39. The van der Waals surface area contributed by atoms with Crippen LogP contribution in [0.1, 0.15) is 0 Å². The summed E-state index contributed by atoms with van der Waals surface area (Å²) in [6.45, 7) is 0. The second kappa shape index (κ2) is 12.5. The second-order valence-electron chi connectivity index (χ2n) is 12.2. The van der Waals surface area contributed by atoms with Crippen LogP contribution in [0.15, 0.2) is 182 Å². The third-order valence-corrected chi connectivity index (χ3v) is 10.2. The first-order valence-corrected chi connectivity index (χ1v) is 17.3. The monoisotopic (exact) mass is 642 g/mol. The van der Waals surface area contributed by atoms with Gasteiger partial charge < -0.3 is 0 Å². The molecule has 0 aliphatic carbocycles. The van der Waals surface area contributed by atoms with E-state index in [1.807, 2.05) is 23.5 Å². The van der Waals surface area contributed by atoms with E-state index in [0.717, 1.165) is 50.3 Å². The van der Waals surface area contributed by atoms with Crippen LogP contribution >= 0.6 is 11.3 Å². The van der Waals surface area contributed by atoms with E-state index in [9.17, 15) is 0 Å². The van der Waals surface area contributed by atoms with E-state index < -0.39 is 0 Å². The van der Waals surface area contributed by atoms with Gasteiger partial charge in [-0.15, -0.1) is 11.3 Å². The van der Waals surface area contributed by atoms with Crippen molar-refractivity contribution in [2.24, 2.45) is 0 Å². The predicted molar refractivity (Wildman–Crippen MR) is 208 cm³/mol. The summed E-state index contributed by atoms with van der Waals surface area (Å²) < 4.78 is 2.61. The summed E-state index contributed by atoms with van der Waals surface area (Å²) in [7, 11) is 0. The van der Waals surface area contributed by atoms with Crippen LogP contribution in [-0.4, -0.2) is 9.97 Å². The van der Waals surface area contributed by atoms with Crippen molar-refractivity contribution in [3.8, 4) is 67.3 Å². The lowest BCUT2D eigenvalue weighted by Gasteiger charge is -2.15. The summed E-state index contributed by atoms with van der Waals surface area (Å²) in [5, 5.41) is 2.59. The van der Waals surface area contributed by atoms with E-state index in [2.05, 4.69) is 170 Å². The fourth-order valence-corrected chi connectivity index (χ4v) is 7.75. The molecule has 49 heavy (non-hydrogen) atoms. The Morgan fingerprint density at radius 3 is 1.57 bits per heavy atom. The molecule has 0 radical (unpaired) electrons. The van der Waals surface area contributed by atoms with E-state index in [4.69, 9.17) is 9.97 Å². The van der Waals surface area contributed by atoms with Gasteiger partial charge in [-0.1, -0.05) is 140 Å². The minimum Gasteiger partial charge on any atom is -0.228 e. The maximum atomic E-state index is 5.33. The summed E-state index contributed by atoms with van der Waals surface area (Å²) in [6, 6.07) is 64.5. The molecule has 9 rings (SSSR count). The van der Waals surface area contributed by atoms with E-state index in [-0.39, 0.29) is 0 Å². The molecule has 2 heterocycles. The van der Waals surface area contributed by atoms with E-state index in [1.165, 1.54) is 31.3 Å². The van der Waals surface area contributed by atoms with Gasteiger partial charge in [-0.05, 0) is 75.8 Å². The summed E-state index contributed by atoms with van der Waals surface area (Å²) in [6.07, 6.45) is 0. The lowest BCUT2D eigenvalue weighted by Crippen LogP contribution is -1.98. The van der Waals surface area contributed by atoms with E-state index in [0.29, 0.717) is 5.82 Å². The Bertz CT molecular complexity index is 2590. The smallest absolute Gasteiger partial charge is 0.161 e. The SMILES string of the molecule is c1ccc(-c2cc(-c3ccc4sc5ccccc5c4c3)cc(-c3cc(-c4ccccc4)nc(-c4ccccc4-c4ccccc4)n3)c2)cc1. The molecule has 0 aliphatic heterocycles. The number of aromatic nitrogens is 2. The fourth-order valence-electron chi connectivity index (χ4n) is 6.66. The zero-order chi connectivity index (χ0) is 32.6. The van der Waals surface area contributed by atoms with Gasteiger partial charge in [0.2, 0.25) is 0 Å². The summed E-state index contributed by atoms with van der Waals surface area (Å²) >= 11 is 1.85. The highest BCUT2D eigenvalue weighted by atomic mass is 32.1. The lowest BCUT2D eigenvalue weighted by molar-refractivity contribution is 1.18. The van der Waals surface area contributed by atoms with Crippen LogP contribution in [-0.2, 0) is 0 Å². The van der Waals surface area contributed by atoms with Crippen LogP contribution in [0.5, 0.6) is 0 Å². The topological polar surface area (TPSA) is 25.8 Å². The molecule has 0 atom stereocenters. The highest BCUT2D eigenvalue weighted by Gasteiger charge is 2.16. The molecule has 9 aromatic rings. The molecule has 0 saturated heterocycles. The third-order valence-electron chi connectivity index (χ3n) is 9.09. The maximum Gasteiger partial charge on any atom is 0.161 e. The fraction of sp³-hybridized carbons (Fsp3) is 0. The largest absolute Gasteiger partial charge is 0.228 e. The van der Waals surface area contributed by atoms with Crippen LogP contribution in [0.25, 0.3) is 87.5 Å². The van der Waals surface area contributed by atoms with Gasteiger partial charge in [0.25, 0.3) is 0 Å².